The number of hydrogen-bond donors (Lipinski definition) is 0. The van der Waals surface area contributed by atoms with Gasteiger partial charge in [0.2, 0.25) is 5.88 Å². The lowest BCUT2D eigenvalue weighted by Crippen LogP contribution is -1.97. The van der Waals surface area contributed by atoms with Crippen molar-refractivity contribution in [2.45, 2.75) is 0 Å². The minimum absolute atomic E-state index is 0.123. The summed E-state index contributed by atoms with van der Waals surface area (Å²) >= 11 is 0. The molecular weight excluding hydrogens is 424 g/mol. The Morgan fingerprint density at radius 1 is 0.727 bits per heavy atom. The minimum Gasteiger partial charge on any atom is -0.497 e. The number of rotatable bonds is 5. The average molecular weight is 441 g/mol. The Bertz CT molecular complexity index is 1460. The van der Waals surface area contributed by atoms with Crippen LogP contribution in [0.2, 0.25) is 0 Å². The largest absolute Gasteiger partial charge is 0.497 e. The van der Waals surface area contributed by atoms with Crippen molar-refractivity contribution in [3.8, 4) is 39.9 Å². The maximum Gasteiger partial charge on any atom is 0.230 e. The minimum atomic E-state index is -1.00. The standard InChI is InChI=1S/C26H17F2N3O2/c1-32-19-6-2-4-16(12-19)17-7-10-24-21(13-17)26(33-20-8-9-22(27)23(28)14-20)31-25(30-24)18-5-3-11-29-15-18/h2-15H,1H3. The van der Waals surface area contributed by atoms with Crippen molar-refractivity contribution in [3.63, 3.8) is 0 Å². The van der Waals surface area contributed by atoms with Crippen LogP contribution in [0.5, 0.6) is 17.4 Å². The van der Waals surface area contributed by atoms with Gasteiger partial charge in [-0.2, -0.15) is 4.98 Å². The third kappa shape index (κ3) is 4.21. The molecule has 0 saturated carbocycles. The summed E-state index contributed by atoms with van der Waals surface area (Å²) in [5.41, 5.74) is 3.17. The van der Waals surface area contributed by atoms with E-state index in [1.807, 2.05) is 48.5 Å². The van der Waals surface area contributed by atoms with Gasteiger partial charge >= 0.3 is 0 Å². The molecule has 2 aromatic heterocycles. The normalized spacial score (nSPS) is 10.9. The molecule has 0 radical (unpaired) electrons. The van der Waals surface area contributed by atoms with Gasteiger partial charge in [0.15, 0.2) is 17.5 Å². The molecule has 0 atom stereocenters. The maximum atomic E-state index is 13.8. The lowest BCUT2D eigenvalue weighted by molar-refractivity contribution is 0.415. The summed E-state index contributed by atoms with van der Waals surface area (Å²) < 4.78 is 38.4. The van der Waals surface area contributed by atoms with E-state index in [-0.39, 0.29) is 11.6 Å². The second-order valence-electron chi connectivity index (χ2n) is 7.24. The van der Waals surface area contributed by atoms with Gasteiger partial charge in [-0.1, -0.05) is 18.2 Å². The second kappa shape index (κ2) is 8.63. The Hall–Kier alpha value is -4.39. The molecule has 0 aliphatic rings. The first-order valence-corrected chi connectivity index (χ1v) is 10.1. The van der Waals surface area contributed by atoms with Crippen LogP contribution in [0.3, 0.4) is 0 Å². The fourth-order valence-corrected chi connectivity index (χ4v) is 3.44. The number of methoxy groups -OCH3 is 1. The molecule has 0 N–H and O–H groups in total. The van der Waals surface area contributed by atoms with Crippen LogP contribution in [-0.2, 0) is 0 Å². The highest BCUT2D eigenvalue weighted by atomic mass is 19.2. The molecule has 5 aromatic rings. The summed E-state index contributed by atoms with van der Waals surface area (Å²) in [5, 5.41) is 0.618. The Kier molecular flexibility index (Phi) is 5.36. The first-order chi connectivity index (χ1) is 16.1. The lowest BCUT2D eigenvalue weighted by atomic mass is 10.0. The molecule has 0 fully saturated rings. The SMILES string of the molecule is COc1cccc(-c2ccc3nc(-c4cccnc4)nc(Oc4ccc(F)c(F)c4)c3c2)c1. The van der Waals surface area contributed by atoms with Crippen LogP contribution in [0, 0.1) is 11.6 Å². The zero-order valence-corrected chi connectivity index (χ0v) is 17.5. The number of aromatic nitrogens is 3. The molecule has 0 saturated heterocycles. The topological polar surface area (TPSA) is 57.1 Å². The van der Waals surface area contributed by atoms with Gasteiger partial charge < -0.3 is 9.47 Å². The predicted molar refractivity (Wildman–Crippen MR) is 121 cm³/mol. The van der Waals surface area contributed by atoms with Crippen molar-refractivity contribution in [1.29, 1.82) is 0 Å². The van der Waals surface area contributed by atoms with Crippen LogP contribution in [0.25, 0.3) is 33.4 Å². The van der Waals surface area contributed by atoms with E-state index in [2.05, 4.69) is 15.0 Å². The molecule has 0 unspecified atom stereocenters. The first-order valence-electron chi connectivity index (χ1n) is 10.1. The number of nitrogens with zero attached hydrogens (tertiary/aromatic N) is 3. The highest BCUT2D eigenvalue weighted by Gasteiger charge is 2.14. The smallest absolute Gasteiger partial charge is 0.230 e. The van der Waals surface area contributed by atoms with E-state index in [9.17, 15) is 8.78 Å². The predicted octanol–water partition coefficient (Wildman–Crippen LogP) is 6.44. The summed E-state index contributed by atoms with van der Waals surface area (Å²) in [5.74, 6) is -0.481. The van der Waals surface area contributed by atoms with E-state index >= 15 is 0 Å². The number of pyridine rings is 1. The molecule has 2 heterocycles. The van der Waals surface area contributed by atoms with Crippen molar-refractivity contribution < 1.29 is 18.3 Å². The van der Waals surface area contributed by atoms with Crippen LogP contribution in [0.4, 0.5) is 8.78 Å². The van der Waals surface area contributed by atoms with Gasteiger partial charge in [-0.25, -0.2) is 13.8 Å². The summed E-state index contributed by atoms with van der Waals surface area (Å²) in [6.45, 7) is 0. The molecule has 0 bridgehead atoms. The quantitative estimate of drug-likeness (QED) is 0.314. The molecule has 0 aliphatic heterocycles. The van der Waals surface area contributed by atoms with Gasteiger partial charge in [-0.15, -0.1) is 0 Å². The summed E-state index contributed by atoms with van der Waals surface area (Å²) in [4.78, 5) is 13.4. The third-order valence-electron chi connectivity index (χ3n) is 5.09. The molecule has 7 heteroatoms. The van der Waals surface area contributed by atoms with E-state index in [0.29, 0.717) is 22.3 Å². The third-order valence-corrected chi connectivity index (χ3v) is 5.09. The van der Waals surface area contributed by atoms with Crippen molar-refractivity contribution >= 4 is 10.9 Å². The van der Waals surface area contributed by atoms with Crippen LogP contribution < -0.4 is 9.47 Å². The number of fused-ring (bicyclic) bond motifs is 1. The van der Waals surface area contributed by atoms with Crippen LogP contribution in [0.15, 0.2) is 85.2 Å². The van der Waals surface area contributed by atoms with Crippen LogP contribution in [-0.4, -0.2) is 22.1 Å². The van der Waals surface area contributed by atoms with Gasteiger partial charge in [0, 0.05) is 24.0 Å². The Morgan fingerprint density at radius 3 is 2.36 bits per heavy atom. The number of halogens is 2. The molecule has 5 nitrogen and oxygen atoms in total. The Morgan fingerprint density at radius 2 is 1.58 bits per heavy atom. The Labute approximate surface area is 188 Å². The number of benzene rings is 3. The molecular formula is C26H17F2N3O2. The summed E-state index contributed by atoms with van der Waals surface area (Å²) in [6.07, 6.45) is 3.30. The van der Waals surface area contributed by atoms with Gasteiger partial charge in [-0.05, 0) is 59.7 Å². The first kappa shape index (κ1) is 20.5. The lowest BCUT2D eigenvalue weighted by Gasteiger charge is -2.12. The molecule has 0 spiro atoms. The van der Waals surface area contributed by atoms with Gasteiger partial charge in [0.25, 0.3) is 0 Å². The summed E-state index contributed by atoms with van der Waals surface area (Å²) in [7, 11) is 1.61. The fraction of sp³-hybridized carbons (Fsp3) is 0.0385. The number of ether oxygens (including phenoxy) is 2. The molecule has 162 valence electrons. The zero-order valence-electron chi connectivity index (χ0n) is 17.5. The van der Waals surface area contributed by atoms with Crippen molar-refractivity contribution in [2.75, 3.05) is 7.11 Å². The maximum absolute atomic E-state index is 13.8. The van der Waals surface area contributed by atoms with Gasteiger partial charge in [0.1, 0.15) is 11.5 Å². The van der Waals surface area contributed by atoms with Gasteiger partial charge in [0.05, 0.1) is 18.0 Å². The zero-order chi connectivity index (χ0) is 22.8. The van der Waals surface area contributed by atoms with E-state index in [4.69, 9.17) is 9.47 Å². The number of hydrogen-bond acceptors (Lipinski definition) is 5. The molecule has 0 aliphatic carbocycles. The average Bonchev–Trinajstić information content (AvgIpc) is 2.86. The highest BCUT2D eigenvalue weighted by molar-refractivity contribution is 5.90. The van der Waals surface area contributed by atoms with Gasteiger partial charge in [-0.3, -0.25) is 4.98 Å². The van der Waals surface area contributed by atoms with Crippen molar-refractivity contribution in [1.82, 2.24) is 15.0 Å². The van der Waals surface area contributed by atoms with Crippen LogP contribution >= 0.6 is 0 Å². The van der Waals surface area contributed by atoms with E-state index in [1.54, 1.807) is 25.6 Å². The highest BCUT2D eigenvalue weighted by Crippen LogP contribution is 2.34. The van der Waals surface area contributed by atoms with E-state index in [1.165, 1.54) is 6.07 Å². The van der Waals surface area contributed by atoms with Crippen LogP contribution in [0.1, 0.15) is 0 Å². The van der Waals surface area contributed by atoms with E-state index in [0.717, 1.165) is 29.0 Å². The monoisotopic (exact) mass is 441 g/mol. The molecule has 0 amide bonds. The van der Waals surface area contributed by atoms with Crippen molar-refractivity contribution in [3.05, 3.63) is 96.8 Å². The fourth-order valence-electron chi connectivity index (χ4n) is 3.44. The van der Waals surface area contributed by atoms with E-state index < -0.39 is 11.6 Å². The Balaban J connectivity index is 1.67. The molecule has 3 aromatic carbocycles. The second-order valence-corrected chi connectivity index (χ2v) is 7.24. The van der Waals surface area contributed by atoms with Crippen molar-refractivity contribution in [2.24, 2.45) is 0 Å². The summed E-state index contributed by atoms with van der Waals surface area (Å²) in [6, 6.07) is 20.3. The molecule has 33 heavy (non-hydrogen) atoms. The molecule has 5 rings (SSSR count).